The van der Waals surface area contributed by atoms with Crippen LogP contribution < -0.4 is 0 Å². The van der Waals surface area contributed by atoms with Crippen molar-refractivity contribution in [1.29, 1.82) is 0 Å². The first-order valence-electron chi connectivity index (χ1n) is 6.38. The second-order valence-electron chi connectivity index (χ2n) is 4.52. The van der Waals surface area contributed by atoms with Gasteiger partial charge in [-0.15, -0.1) is 11.8 Å². The van der Waals surface area contributed by atoms with Crippen LogP contribution in [0.5, 0.6) is 0 Å². The van der Waals surface area contributed by atoms with Crippen molar-refractivity contribution in [2.24, 2.45) is 0 Å². The van der Waals surface area contributed by atoms with Crippen molar-refractivity contribution in [3.05, 3.63) is 80.6 Å². The predicted octanol–water partition coefficient (Wildman–Crippen LogP) is 6.17. The molecule has 0 aliphatic heterocycles. The number of thioether (sulfide) groups is 1. The fraction of sp³-hybridized carbons (Fsp3) is 0. The molecule has 0 saturated heterocycles. The summed E-state index contributed by atoms with van der Waals surface area (Å²) in [6, 6.07) is 0.859. The van der Waals surface area contributed by atoms with Crippen LogP contribution >= 0.6 is 11.8 Å². The van der Waals surface area contributed by atoms with Gasteiger partial charge in [-0.1, -0.05) is 0 Å². The van der Waals surface area contributed by atoms with Crippen molar-refractivity contribution >= 4 is 23.9 Å². The Morgan fingerprint density at radius 3 is 1.24 bits per heavy atom. The number of benzene rings is 2. The molecule has 0 aliphatic rings. The van der Waals surface area contributed by atoms with Gasteiger partial charge in [0, 0.05) is 11.1 Å². The van der Waals surface area contributed by atoms with E-state index in [1.54, 1.807) is 0 Å². The first kappa shape index (κ1) is 19.0. The lowest BCUT2D eigenvalue weighted by Crippen LogP contribution is -1.98. The highest BCUT2D eigenvalue weighted by Gasteiger charge is 2.18. The van der Waals surface area contributed by atoms with Crippen LogP contribution in [0.1, 0.15) is 11.1 Å². The zero-order valence-corrected chi connectivity index (χ0v) is 12.7. The standard InChI is InChI=1S/C16H6F8S/c17-9-5-7(11(19)15(23)13(9)21)1-3-25-4-2-8-6-10(18)14(22)16(24)12(8)20/h1-6H. The fourth-order valence-electron chi connectivity index (χ4n) is 1.70. The van der Waals surface area contributed by atoms with Crippen molar-refractivity contribution in [2.75, 3.05) is 0 Å². The van der Waals surface area contributed by atoms with Gasteiger partial charge in [0.2, 0.25) is 0 Å². The van der Waals surface area contributed by atoms with Crippen molar-refractivity contribution in [1.82, 2.24) is 0 Å². The average Bonchev–Trinajstić information content (AvgIpc) is 2.59. The van der Waals surface area contributed by atoms with Crippen LogP contribution in [0.3, 0.4) is 0 Å². The first-order chi connectivity index (χ1) is 11.7. The van der Waals surface area contributed by atoms with E-state index >= 15 is 0 Å². The fourth-order valence-corrected chi connectivity index (χ4v) is 2.24. The molecule has 2 aromatic rings. The summed E-state index contributed by atoms with van der Waals surface area (Å²) in [5.41, 5.74) is -1.16. The van der Waals surface area contributed by atoms with Gasteiger partial charge in [-0.2, -0.15) is 0 Å². The summed E-state index contributed by atoms with van der Waals surface area (Å²) < 4.78 is 104. The zero-order valence-electron chi connectivity index (χ0n) is 11.9. The van der Waals surface area contributed by atoms with Gasteiger partial charge in [0.05, 0.1) is 0 Å². The van der Waals surface area contributed by atoms with Crippen LogP contribution in [0.4, 0.5) is 35.1 Å². The van der Waals surface area contributed by atoms with Gasteiger partial charge >= 0.3 is 0 Å². The number of hydrogen-bond acceptors (Lipinski definition) is 1. The summed E-state index contributed by atoms with van der Waals surface area (Å²) in [4.78, 5) is 0. The second-order valence-corrected chi connectivity index (χ2v) is 5.34. The molecule has 2 rings (SSSR count). The lowest BCUT2D eigenvalue weighted by Gasteiger charge is -2.01. The molecule has 0 radical (unpaired) electrons. The number of hydrogen-bond donors (Lipinski definition) is 0. The summed E-state index contributed by atoms with van der Waals surface area (Å²) in [5.74, 6) is -14.2. The van der Waals surface area contributed by atoms with E-state index in [1.807, 2.05) is 0 Å². The highest BCUT2D eigenvalue weighted by molar-refractivity contribution is 8.05. The van der Waals surface area contributed by atoms with Gasteiger partial charge in [-0.3, -0.25) is 0 Å². The molecule has 0 unspecified atom stereocenters. The summed E-state index contributed by atoms with van der Waals surface area (Å²) in [6.07, 6.45) is 1.80. The summed E-state index contributed by atoms with van der Waals surface area (Å²) in [6.45, 7) is 0. The van der Waals surface area contributed by atoms with Crippen LogP contribution in [0.2, 0.25) is 0 Å². The highest BCUT2D eigenvalue weighted by Crippen LogP contribution is 2.23. The molecule has 25 heavy (non-hydrogen) atoms. The Bertz CT molecular complexity index is 802. The quantitative estimate of drug-likeness (QED) is 0.346. The van der Waals surface area contributed by atoms with Crippen LogP contribution in [0.15, 0.2) is 22.9 Å². The summed E-state index contributed by atoms with van der Waals surface area (Å²) >= 11 is 0.720. The second kappa shape index (κ2) is 7.73. The van der Waals surface area contributed by atoms with Crippen molar-refractivity contribution in [2.45, 2.75) is 0 Å². The molecule has 0 bridgehead atoms. The van der Waals surface area contributed by atoms with E-state index in [9.17, 15) is 35.1 Å². The van der Waals surface area contributed by atoms with E-state index in [1.165, 1.54) is 0 Å². The maximum absolute atomic E-state index is 13.4. The number of rotatable bonds is 4. The van der Waals surface area contributed by atoms with Crippen LogP contribution in [0, 0.1) is 46.5 Å². The van der Waals surface area contributed by atoms with E-state index in [4.69, 9.17) is 0 Å². The van der Waals surface area contributed by atoms with Gasteiger partial charge in [0.25, 0.3) is 0 Å². The molecular weight excluding hydrogens is 376 g/mol. The molecule has 0 aliphatic carbocycles. The largest absolute Gasteiger partial charge is 0.204 e. The van der Waals surface area contributed by atoms with E-state index in [-0.39, 0.29) is 0 Å². The molecule has 0 heterocycles. The Hall–Kier alpha value is -2.29. The Balaban J connectivity index is 2.14. The minimum Gasteiger partial charge on any atom is -0.204 e. The van der Waals surface area contributed by atoms with Crippen LogP contribution in [-0.2, 0) is 0 Å². The SMILES string of the molecule is Fc1cc(C=CSC=Cc2cc(F)c(F)c(F)c2F)c(F)c(F)c1F. The maximum Gasteiger partial charge on any atom is 0.198 e. The van der Waals surface area contributed by atoms with Gasteiger partial charge < -0.3 is 0 Å². The molecule has 0 nitrogen and oxygen atoms in total. The summed E-state index contributed by atoms with van der Waals surface area (Å²) in [5, 5.41) is 2.19. The van der Waals surface area contributed by atoms with E-state index in [0.717, 1.165) is 34.7 Å². The summed E-state index contributed by atoms with van der Waals surface area (Å²) in [7, 11) is 0. The minimum atomic E-state index is -1.97. The Labute approximate surface area is 140 Å². The van der Waals surface area contributed by atoms with Crippen molar-refractivity contribution < 1.29 is 35.1 Å². The topological polar surface area (TPSA) is 0 Å². The molecule has 0 spiro atoms. The maximum atomic E-state index is 13.4. The van der Waals surface area contributed by atoms with Crippen LogP contribution in [0.25, 0.3) is 12.2 Å². The lowest BCUT2D eigenvalue weighted by atomic mass is 10.2. The molecule has 0 N–H and O–H groups in total. The van der Waals surface area contributed by atoms with Crippen molar-refractivity contribution in [3.8, 4) is 0 Å². The minimum absolute atomic E-state index is 0.429. The zero-order chi connectivity index (χ0) is 18.7. The average molecular weight is 382 g/mol. The third-order valence-corrected chi connectivity index (χ3v) is 3.50. The van der Waals surface area contributed by atoms with E-state index in [0.29, 0.717) is 12.1 Å². The van der Waals surface area contributed by atoms with E-state index in [2.05, 4.69) is 0 Å². The van der Waals surface area contributed by atoms with Crippen LogP contribution in [-0.4, -0.2) is 0 Å². The molecular formula is C16H6F8S. The van der Waals surface area contributed by atoms with Gasteiger partial charge in [0.15, 0.2) is 46.5 Å². The first-order valence-corrected chi connectivity index (χ1v) is 7.32. The van der Waals surface area contributed by atoms with Gasteiger partial charge in [-0.05, 0) is 35.1 Å². The molecule has 0 fully saturated rings. The monoisotopic (exact) mass is 382 g/mol. The smallest absolute Gasteiger partial charge is 0.198 e. The molecule has 0 aromatic heterocycles. The number of halogens is 8. The van der Waals surface area contributed by atoms with Gasteiger partial charge in [-0.25, -0.2) is 35.1 Å². The molecule has 0 atom stereocenters. The molecule has 0 saturated carbocycles. The lowest BCUT2D eigenvalue weighted by molar-refractivity contribution is 0.408. The molecule has 9 heteroatoms. The molecule has 2 aromatic carbocycles. The predicted molar refractivity (Wildman–Crippen MR) is 78.2 cm³/mol. The van der Waals surface area contributed by atoms with E-state index < -0.39 is 57.7 Å². The normalized spacial score (nSPS) is 11.8. The third-order valence-electron chi connectivity index (χ3n) is 2.91. The molecule has 0 amide bonds. The Kier molecular flexibility index (Phi) is 5.89. The highest BCUT2D eigenvalue weighted by atomic mass is 32.2. The van der Waals surface area contributed by atoms with Gasteiger partial charge in [0.1, 0.15) is 0 Å². The Morgan fingerprint density at radius 2 is 0.880 bits per heavy atom. The van der Waals surface area contributed by atoms with Crippen molar-refractivity contribution in [3.63, 3.8) is 0 Å². The Morgan fingerprint density at radius 1 is 0.520 bits per heavy atom. The molecule has 132 valence electrons. The third kappa shape index (κ3) is 4.04.